The maximum Gasteiger partial charge on any atom is 0.336 e. The topological polar surface area (TPSA) is 83.9 Å². The van der Waals surface area contributed by atoms with Crippen LogP contribution in [0.1, 0.15) is 32.3 Å². The highest BCUT2D eigenvalue weighted by atomic mass is 16.5. The molecule has 0 bridgehead atoms. The van der Waals surface area contributed by atoms with E-state index in [-0.39, 0.29) is 17.0 Å². The van der Waals surface area contributed by atoms with Crippen molar-refractivity contribution in [2.75, 3.05) is 14.2 Å². The summed E-state index contributed by atoms with van der Waals surface area (Å²) in [6.07, 6.45) is 0. The minimum absolute atomic E-state index is 0.0555. The van der Waals surface area contributed by atoms with E-state index in [0.29, 0.717) is 5.75 Å². The average Bonchev–Trinajstić information content (AvgIpc) is 2.64. The predicted octanol–water partition coefficient (Wildman–Crippen LogP) is 2.41. The Morgan fingerprint density at radius 3 is 2.20 bits per heavy atom. The Morgan fingerprint density at radius 1 is 1.04 bits per heavy atom. The molecular formula is C19H17NO5. The number of carboxylic acids is 1. The van der Waals surface area contributed by atoms with Crippen LogP contribution in [0.15, 0.2) is 48.5 Å². The quantitative estimate of drug-likeness (QED) is 0.514. The van der Waals surface area contributed by atoms with Crippen LogP contribution in [0.2, 0.25) is 0 Å². The van der Waals surface area contributed by atoms with Crippen LogP contribution in [-0.2, 0) is 4.79 Å². The van der Waals surface area contributed by atoms with Crippen molar-refractivity contribution in [3.63, 3.8) is 0 Å². The van der Waals surface area contributed by atoms with E-state index in [4.69, 9.17) is 4.74 Å². The maximum atomic E-state index is 12.9. The fourth-order valence-corrected chi connectivity index (χ4v) is 3.16. The summed E-state index contributed by atoms with van der Waals surface area (Å²) >= 11 is 0. The van der Waals surface area contributed by atoms with E-state index >= 15 is 0 Å². The zero-order chi connectivity index (χ0) is 18.1. The molecule has 2 aromatic rings. The number of ketones is 1. The normalized spacial score (nSPS) is 19.3. The molecule has 0 aliphatic carbocycles. The van der Waals surface area contributed by atoms with Crippen LogP contribution >= 0.6 is 0 Å². The lowest BCUT2D eigenvalue weighted by molar-refractivity contribution is -0.150. The molecule has 0 saturated carbocycles. The maximum absolute atomic E-state index is 12.9. The molecule has 6 nitrogen and oxygen atoms in total. The van der Waals surface area contributed by atoms with Crippen LogP contribution in [0.3, 0.4) is 0 Å². The second kappa shape index (κ2) is 6.39. The number of methoxy groups -OCH3 is 1. The minimum Gasteiger partial charge on any atom is -0.497 e. The first-order valence-electron chi connectivity index (χ1n) is 7.73. The lowest BCUT2D eigenvalue weighted by Crippen LogP contribution is -2.56. The van der Waals surface area contributed by atoms with Gasteiger partial charge < -0.3 is 14.7 Å². The largest absolute Gasteiger partial charge is 0.497 e. The summed E-state index contributed by atoms with van der Waals surface area (Å²) in [6.45, 7) is 0. The van der Waals surface area contributed by atoms with E-state index in [2.05, 4.69) is 0 Å². The van der Waals surface area contributed by atoms with E-state index in [1.807, 2.05) is 0 Å². The van der Waals surface area contributed by atoms with Crippen molar-refractivity contribution >= 4 is 17.7 Å². The van der Waals surface area contributed by atoms with Gasteiger partial charge in [0.1, 0.15) is 11.7 Å². The number of rotatable bonds is 5. The van der Waals surface area contributed by atoms with Crippen molar-refractivity contribution < 1.29 is 24.2 Å². The molecule has 1 fully saturated rings. The number of β-lactam (4-membered cyclic amide) rings is 1. The molecule has 0 spiro atoms. The summed E-state index contributed by atoms with van der Waals surface area (Å²) < 4.78 is 5.12. The van der Waals surface area contributed by atoms with Crippen molar-refractivity contribution in [2.24, 2.45) is 5.92 Å². The number of Topliss-reactive ketones (excluding diaryl/α,β-unsaturated/α-hetero) is 1. The molecule has 1 aliphatic rings. The van der Waals surface area contributed by atoms with Gasteiger partial charge in [-0.15, -0.1) is 0 Å². The molecule has 2 aromatic carbocycles. The SMILES string of the molecule is COc1ccc([C@H]2[C@H](C(=O)c3ccccc3C(=O)O)C(=O)N2C)cc1. The van der Waals surface area contributed by atoms with Crippen molar-refractivity contribution in [3.8, 4) is 5.75 Å². The van der Waals surface area contributed by atoms with Gasteiger partial charge in [-0.2, -0.15) is 0 Å². The van der Waals surface area contributed by atoms with E-state index in [1.165, 1.54) is 17.0 Å². The molecule has 1 amide bonds. The molecule has 3 rings (SSSR count). The lowest BCUT2D eigenvalue weighted by Gasteiger charge is -2.44. The molecule has 1 aliphatic heterocycles. The average molecular weight is 339 g/mol. The number of nitrogens with zero attached hydrogens (tertiary/aromatic N) is 1. The highest BCUT2D eigenvalue weighted by molar-refractivity contribution is 6.17. The first-order valence-corrected chi connectivity index (χ1v) is 7.73. The van der Waals surface area contributed by atoms with Gasteiger partial charge >= 0.3 is 5.97 Å². The first-order chi connectivity index (χ1) is 12.0. The van der Waals surface area contributed by atoms with Crippen LogP contribution < -0.4 is 4.74 Å². The number of likely N-dealkylation sites (tertiary alicyclic amines) is 1. The Hall–Kier alpha value is -3.15. The third-order valence-corrected chi connectivity index (χ3v) is 4.51. The number of ether oxygens (including phenoxy) is 1. The van der Waals surface area contributed by atoms with Gasteiger partial charge in [0.25, 0.3) is 0 Å². The molecule has 6 heteroatoms. The highest BCUT2D eigenvalue weighted by Crippen LogP contribution is 2.41. The Balaban J connectivity index is 1.96. The van der Waals surface area contributed by atoms with Crippen molar-refractivity contribution in [3.05, 3.63) is 65.2 Å². The van der Waals surface area contributed by atoms with Crippen molar-refractivity contribution in [1.29, 1.82) is 0 Å². The van der Waals surface area contributed by atoms with Gasteiger partial charge in [-0.25, -0.2) is 4.79 Å². The van der Waals surface area contributed by atoms with Gasteiger partial charge in [-0.3, -0.25) is 9.59 Å². The van der Waals surface area contributed by atoms with Crippen LogP contribution in [0.25, 0.3) is 0 Å². The molecular weight excluding hydrogens is 322 g/mol. The number of hydrogen-bond donors (Lipinski definition) is 1. The molecule has 2 atom stereocenters. The molecule has 1 heterocycles. The molecule has 128 valence electrons. The van der Waals surface area contributed by atoms with E-state index in [9.17, 15) is 19.5 Å². The Bertz CT molecular complexity index is 843. The van der Waals surface area contributed by atoms with Gasteiger partial charge in [0.15, 0.2) is 5.78 Å². The number of amides is 1. The second-order valence-electron chi connectivity index (χ2n) is 5.86. The van der Waals surface area contributed by atoms with Crippen LogP contribution in [-0.4, -0.2) is 41.8 Å². The summed E-state index contributed by atoms with van der Waals surface area (Å²) in [5, 5.41) is 9.28. The zero-order valence-corrected chi connectivity index (χ0v) is 13.8. The van der Waals surface area contributed by atoms with E-state index in [1.54, 1.807) is 50.6 Å². The molecule has 1 N–H and O–H groups in total. The summed E-state index contributed by atoms with van der Waals surface area (Å²) in [5.74, 6) is -2.21. The van der Waals surface area contributed by atoms with Gasteiger partial charge in [0.05, 0.1) is 18.7 Å². The summed E-state index contributed by atoms with van der Waals surface area (Å²) in [6, 6.07) is 12.7. The van der Waals surface area contributed by atoms with E-state index in [0.717, 1.165) is 5.56 Å². The molecule has 1 saturated heterocycles. The van der Waals surface area contributed by atoms with Gasteiger partial charge in [-0.1, -0.05) is 30.3 Å². The fourth-order valence-electron chi connectivity index (χ4n) is 3.16. The Labute approximate surface area is 144 Å². The molecule has 0 radical (unpaired) electrons. The van der Waals surface area contributed by atoms with Gasteiger partial charge in [0.2, 0.25) is 5.91 Å². The zero-order valence-electron chi connectivity index (χ0n) is 13.8. The molecule has 0 aromatic heterocycles. The summed E-state index contributed by atoms with van der Waals surface area (Å²) in [4.78, 5) is 38.0. The second-order valence-corrected chi connectivity index (χ2v) is 5.86. The molecule has 25 heavy (non-hydrogen) atoms. The smallest absolute Gasteiger partial charge is 0.336 e. The molecule has 0 unspecified atom stereocenters. The summed E-state index contributed by atoms with van der Waals surface area (Å²) in [7, 11) is 3.19. The number of carbonyl (C=O) groups excluding carboxylic acids is 2. The van der Waals surface area contributed by atoms with Gasteiger partial charge in [-0.05, 0) is 23.8 Å². The van der Waals surface area contributed by atoms with Gasteiger partial charge in [0, 0.05) is 12.6 Å². The van der Waals surface area contributed by atoms with Crippen molar-refractivity contribution in [1.82, 2.24) is 4.90 Å². The summed E-state index contributed by atoms with van der Waals surface area (Å²) in [5.41, 5.74) is 0.761. The number of carbonyl (C=O) groups is 3. The number of hydrogen-bond acceptors (Lipinski definition) is 4. The third kappa shape index (κ3) is 2.76. The van der Waals surface area contributed by atoms with E-state index < -0.39 is 23.7 Å². The van der Waals surface area contributed by atoms with Crippen molar-refractivity contribution in [2.45, 2.75) is 6.04 Å². The highest BCUT2D eigenvalue weighted by Gasteiger charge is 2.50. The number of aromatic carboxylic acids is 1. The van der Waals surface area contributed by atoms with Crippen LogP contribution in [0.5, 0.6) is 5.75 Å². The number of carboxylic acid groups (broad SMARTS) is 1. The lowest BCUT2D eigenvalue weighted by atomic mass is 9.77. The fraction of sp³-hybridized carbons (Fsp3) is 0.211. The standard InChI is InChI=1S/C19H17NO5/c1-20-16(11-7-9-12(25-2)10-8-11)15(18(20)22)17(21)13-5-3-4-6-14(13)19(23)24/h3-10,15-16H,1-2H3,(H,23,24)/t15-,16+/m1/s1. The Morgan fingerprint density at radius 2 is 1.64 bits per heavy atom. The van der Waals surface area contributed by atoms with Crippen LogP contribution in [0, 0.1) is 5.92 Å². The Kier molecular flexibility index (Phi) is 4.27. The monoisotopic (exact) mass is 339 g/mol. The third-order valence-electron chi connectivity index (χ3n) is 4.51. The predicted molar refractivity (Wildman–Crippen MR) is 89.7 cm³/mol. The first kappa shape index (κ1) is 16.7. The minimum atomic E-state index is -1.19. The van der Waals surface area contributed by atoms with Crippen LogP contribution in [0.4, 0.5) is 0 Å². The number of benzene rings is 2.